The number of benzene rings is 3. The fourth-order valence-corrected chi connectivity index (χ4v) is 5.47. The fraction of sp³-hybridized carbons (Fsp3) is 0.286. The van der Waals surface area contributed by atoms with Crippen molar-refractivity contribution in [1.82, 2.24) is 10.2 Å². The zero-order valence-electron chi connectivity index (χ0n) is 21.4. The van der Waals surface area contributed by atoms with Gasteiger partial charge in [0.1, 0.15) is 12.6 Å². The number of para-hydroxylation sites is 1. The van der Waals surface area contributed by atoms with Gasteiger partial charge in [0.05, 0.1) is 15.6 Å². The number of rotatable bonds is 9. The summed E-state index contributed by atoms with van der Waals surface area (Å²) in [6.07, 6.45) is 0. The number of sulfonamides is 1. The molecule has 0 radical (unpaired) electrons. The SMILES string of the molecule is C[C@H](C(=O)NC(C)(C)C)N(Cc1ccccc1)C(=O)CN(c1ccccc1Cl)S(=O)(=O)c1ccccc1. The van der Waals surface area contributed by atoms with Crippen molar-refractivity contribution in [1.29, 1.82) is 0 Å². The minimum atomic E-state index is -4.15. The summed E-state index contributed by atoms with van der Waals surface area (Å²) in [6, 6.07) is 22.7. The Labute approximate surface area is 224 Å². The van der Waals surface area contributed by atoms with E-state index in [1.165, 1.54) is 17.0 Å². The largest absolute Gasteiger partial charge is 0.350 e. The van der Waals surface area contributed by atoms with E-state index in [-0.39, 0.29) is 28.1 Å². The standard InChI is InChI=1S/C28H32ClN3O4S/c1-21(27(34)30-28(2,3)4)31(19-22-13-7-5-8-14-22)26(33)20-32(25-18-12-11-17-24(25)29)37(35,36)23-15-9-6-10-16-23/h5-18,21H,19-20H2,1-4H3,(H,30,34)/t21-/m1/s1. The highest BCUT2D eigenvalue weighted by atomic mass is 35.5. The number of nitrogens with one attached hydrogen (secondary N) is 1. The lowest BCUT2D eigenvalue weighted by atomic mass is 10.1. The van der Waals surface area contributed by atoms with E-state index in [0.29, 0.717) is 0 Å². The lowest BCUT2D eigenvalue weighted by molar-refractivity contribution is -0.140. The van der Waals surface area contributed by atoms with Gasteiger partial charge in [0.15, 0.2) is 0 Å². The van der Waals surface area contributed by atoms with E-state index in [4.69, 9.17) is 11.6 Å². The molecule has 0 unspecified atom stereocenters. The minimum absolute atomic E-state index is 0.0239. The molecule has 2 amide bonds. The second-order valence-electron chi connectivity index (χ2n) is 9.70. The van der Waals surface area contributed by atoms with Gasteiger partial charge in [-0.05, 0) is 57.5 Å². The highest BCUT2D eigenvalue weighted by Crippen LogP contribution is 2.30. The molecule has 1 atom stereocenters. The number of hydrogen-bond acceptors (Lipinski definition) is 4. The molecule has 3 rings (SSSR count). The van der Waals surface area contributed by atoms with Crippen LogP contribution in [0.3, 0.4) is 0 Å². The van der Waals surface area contributed by atoms with E-state index in [0.717, 1.165) is 9.87 Å². The van der Waals surface area contributed by atoms with Crippen molar-refractivity contribution in [3.05, 3.63) is 95.5 Å². The van der Waals surface area contributed by atoms with Crippen LogP contribution in [0.5, 0.6) is 0 Å². The van der Waals surface area contributed by atoms with E-state index in [1.54, 1.807) is 49.4 Å². The van der Waals surface area contributed by atoms with Gasteiger partial charge >= 0.3 is 0 Å². The Balaban J connectivity index is 2.02. The van der Waals surface area contributed by atoms with Crippen molar-refractivity contribution in [3.63, 3.8) is 0 Å². The van der Waals surface area contributed by atoms with E-state index in [2.05, 4.69) is 5.32 Å². The van der Waals surface area contributed by atoms with Crippen LogP contribution in [0.2, 0.25) is 5.02 Å². The number of amides is 2. The molecule has 3 aromatic carbocycles. The van der Waals surface area contributed by atoms with Gasteiger partial charge in [-0.2, -0.15) is 0 Å². The predicted octanol–water partition coefficient (Wildman–Crippen LogP) is 4.87. The zero-order chi connectivity index (χ0) is 27.2. The van der Waals surface area contributed by atoms with Crippen LogP contribution < -0.4 is 9.62 Å². The summed E-state index contributed by atoms with van der Waals surface area (Å²) < 4.78 is 28.4. The molecular weight excluding hydrogens is 510 g/mol. The highest BCUT2D eigenvalue weighted by Gasteiger charge is 2.33. The summed E-state index contributed by atoms with van der Waals surface area (Å²) in [4.78, 5) is 28.3. The van der Waals surface area contributed by atoms with Gasteiger partial charge in [0.2, 0.25) is 11.8 Å². The number of halogens is 1. The predicted molar refractivity (Wildman–Crippen MR) is 147 cm³/mol. The minimum Gasteiger partial charge on any atom is -0.350 e. The third-order valence-electron chi connectivity index (χ3n) is 5.59. The van der Waals surface area contributed by atoms with Gasteiger partial charge in [0.25, 0.3) is 10.0 Å². The van der Waals surface area contributed by atoms with Crippen molar-refractivity contribution in [2.45, 2.75) is 50.7 Å². The molecule has 0 heterocycles. The van der Waals surface area contributed by atoms with Gasteiger partial charge in [0, 0.05) is 12.1 Å². The Kier molecular flexibility index (Phi) is 8.99. The summed E-state index contributed by atoms with van der Waals surface area (Å²) in [5, 5.41) is 3.09. The molecular formula is C28H32ClN3O4S. The Hall–Kier alpha value is -3.36. The third kappa shape index (κ3) is 7.33. The first kappa shape index (κ1) is 28.2. The van der Waals surface area contributed by atoms with Gasteiger partial charge in [-0.25, -0.2) is 8.42 Å². The summed E-state index contributed by atoms with van der Waals surface area (Å²) in [6.45, 7) is 6.78. The van der Waals surface area contributed by atoms with Gasteiger partial charge < -0.3 is 10.2 Å². The smallest absolute Gasteiger partial charge is 0.264 e. The van der Waals surface area contributed by atoms with Crippen molar-refractivity contribution in [3.8, 4) is 0 Å². The maximum atomic E-state index is 13.8. The first-order valence-corrected chi connectivity index (χ1v) is 13.7. The monoisotopic (exact) mass is 541 g/mol. The topological polar surface area (TPSA) is 86.8 Å². The summed E-state index contributed by atoms with van der Waals surface area (Å²) in [7, 11) is -4.15. The maximum Gasteiger partial charge on any atom is 0.264 e. The second-order valence-corrected chi connectivity index (χ2v) is 12.0. The van der Waals surface area contributed by atoms with E-state index >= 15 is 0 Å². The molecule has 0 aliphatic carbocycles. The van der Waals surface area contributed by atoms with E-state index < -0.39 is 34.1 Å². The van der Waals surface area contributed by atoms with E-state index in [9.17, 15) is 18.0 Å². The molecule has 0 aliphatic rings. The number of carbonyl (C=O) groups excluding carboxylic acids is 2. The molecule has 7 nitrogen and oxygen atoms in total. The van der Waals surface area contributed by atoms with Crippen molar-refractivity contribution in [2.75, 3.05) is 10.8 Å². The number of anilines is 1. The summed E-state index contributed by atoms with van der Waals surface area (Å²) >= 11 is 6.40. The molecule has 37 heavy (non-hydrogen) atoms. The number of carbonyl (C=O) groups is 2. The Bertz CT molecular complexity index is 1330. The van der Waals surface area contributed by atoms with Crippen LogP contribution in [0.15, 0.2) is 89.8 Å². The van der Waals surface area contributed by atoms with Crippen molar-refractivity contribution < 1.29 is 18.0 Å². The highest BCUT2D eigenvalue weighted by molar-refractivity contribution is 7.92. The summed E-state index contributed by atoms with van der Waals surface area (Å²) in [5.74, 6) is -0.883. The molecule has 3 aromatic rings. The molecule has 0 saturated carbocycles. The average Bonchev–Trinajstić information content (AvgIpc) is 2.86. The third-order valence-corrected chi connectivity index (χ3v) is 7.69. The van der Waals surface area contributed by atoms with Gasteiger partial charge in [-0.15, -0.1) is 0 Å². The molecule has 9 heteroatoms. The molecule has 0 fully saturated rings. The lowest BCUT2D eigenvalue weighted by Gasteiger charge is -2.33. The second kappa shape index (κ2) is 11.8. The van der Waals surface area contributed by atoms with Gasteiger partial charge in [-0.3, -0.25) is 13.9 Å². The quantitative estimate of drug-likeness (QED) is 0.419. The van der Waals surface area contributed by atoms with E-state index in [1.807, 2.05) is 51.1 Å². The number of nitrogens with zero attached hydrogens (tertiary/aromatic N) is 2. The van der Waals surface area contributed by atoms with Crippen LogP contribution in [-0.2, 0) is 26.2 Å². The van der Waals surface area contributed by atoms with Crippen molar-refractivity contribution in [2.24, 2.45) is 0 Å². The van der Waals surface area contributed by atoms with Crippen LogP contribution >= 0.6 is 11.6 Å². The molecule has 0 bridgehead atoms. The molecule has 0 aromatic heterocycles. The molecule has 1 N–H and O–H groups in total. The maximum absolute atomic E-state index is 13.8. The van der Waals surface area contributed by atoms with Gasteiger partial charge in [-0.1, -0.05) is 72.3 Å². The van der Waals surface area contributed by atoms with Crippen LogP contribution in [0, 0.1) is 0 Å². The fourth-order valence-electron chi connectivity index (χ4n) is 3.72. The first-order chi connectivity index (χ1) is 17.4. The lowest BCUT2D eigenvalue weighted by Crippen LogP contribution is -2.54. The molecule has 0 spiro atoms. The van der Waals surface area contributed by atoms with Crippen LogP contribution in [0.4, 0.5) is 5.69 Å². The number of hydrogen-bond donors (Lipinski definition) is 1. The van der Waals surface area contributed by atoms with Crippen LogP contribution in [0.25, 0.3) is 0 Å². The first-order valence-electron chi connectivity index (χ1n) is 11.9. The van der Waals surface area contributed by atoms with Crippen LogP contribution in [-0.4, -0.2) is 43.3 Å². The van der Waals surface area contributed by atoms with Crippen LogP contribution in [0.1, 0.15) is 33.3 Å². The molecule has 0 saturated heterocycles. The Morgan fingerprint density at radius 3 is 2.00 bits per heavy atom. The van der Waals surface area contributed by atoms with Crippen molar-refractivity contribution >= 4 is 39.1 Å². The average molecular weight is 542 g/mol. The molecule has 0 aliphatic heterocycles. The Morgan fingerprint density at radius 2 is 1.43 bits per heavy atom. The normalized spacial score (nSPS) is 12.5. The molecule has 196 valence electrons. The zero-order valence-corrected chi connectivity index (χ0v) is 23.0. The summed E-state index contributed by atoms with van der Waals surface area (Å²) in [5.41, 5.74) is 0.474. The Morgan fingerprint density at radius 1 is 0.892 bits per heavy atom.